The first kappa shape index (κ1) is 32.8. The highest BCUT2D eigenvalue weighted by Crippen LogP contribution is 2.33. The Bertz CT molecular complexity index is 1650. The molecule has 0 radical (unpaired) electrons. The number of ether oxygens (including phenoxy) is 2. The summed E-state index contributed by atoms with van der Waals surface area (Å²) in [4.78, 5) is 46.6. The molecule has 1 aromatic carbocycles. The van der Waals surface area contributed by atoms with E-state index in [2.05, 4.69) is 25.2 Å². The molecule has 1 fully saturated rings. The minimum atomic E-state index is -3.86. The molecule has 4 rings (SSSR count). The molecule has 2 aromatic heterocycles. The highest BCUT2D eigenvalue weighted by Gasteiger charge is 2.37. The van der Waals surface area contributed by atoms with E-state index >= 15 is 0 Å². The topological polar surface area (TPSA) is 201 Å². The fourth-order valence-electron chi connectivity index (χ4n) is 4.84. The minimum absolute atomic E-state index is 0.0367. The molecule has 0 unspecified atom stereocenters. The Morgan fingerprint density at radius 3 is 2.70 bits per heavy atom. The zero-order valence-corrected chi connectivity index (χ0v) is 25.7. The number of carbonyl (C=O) groups excluding carboxylic acids is 1. The number of H-pyrrole nitrogens is 1. The number of aryl methyl sites for hydroxylation is 2. The van der Waals surface area contributed by atoms with E-state index in [1.165, 1.54) is 21.1 Å². The highest BCUT2D eigenvalue weighted by molar-refractivity contribution is 7.89. The maximum Gasteiger partial charge on any atom is 0.305 e. The highest BCUT2D eigenvalue weighted by atomic mass is 32.2. The van der Waals surface area contributed by atoms with Crippen LogP contribution in [0.5, 0.6) is 5.75 Å². The first-order valence-corrected chi connectivity index (χ1v) is 15.9. The van der Waals surface area contributed by atoms with Crippen molar-refractivity contribution in [3.63, 3.8) is 0 Å². The zero-order valence-electron chi connectivity index (χ0n) is 24.9. The molecule has 0 atom stereocenters. The summed E-state index contributed by atoms with van der Waals surface area (Å²) in [6, 6.07) is 4.37. The molecule has 240 valence electrons. The summed E-state index contributed by atoms with van der Waals surface area (Å²) in [6.45, 7) is 4.98. The SMILES string of the molecule is CCCc1nn(C)c2c(=O)[nH]c(-c3cc(S(=O)(=O)N4CC(NCCOC(=O)CCCCO[N+](=O)[O-])C4)ccc3OCC)nc12. The normalized spacial score (nSPS) is 14.0. The molecule has 2 N–H and O–H groups in total. The second kappa shape index (κ2) is 14.6. The van der Waals surface area contributed by atoms with Gasteiger partial charge in [0.15, 0.2) is 5.52 Å². The van der Waals surface area contributed by atoms with Crippen molar-refractivity contribution in [2.45, 2.75) is 56.9 Å². The molecule has 3 aromatic rings. The molecule has 1 aliphatic heterocycles. The number of hydrogen-bond acceptors (Lipinski definition) is 12. The molecule has 0 bridgehead atoms. The molecule has 17 heteroatoms. The minimum Gasteiger partial charge on any atom is -0.493 e. The predicted octanol–water partition coefficient (Wildman–Crippen LogP) is 1.56. The fourth-order valence-corrected chi connectivity index (χ4v) is 6.40. The Hall–Kier alpha value is -4.09. The number of nitrogens with one attached hydrogen (secondary N) is 2. The number of carbonyl (C=O) groups is 1. The monoisotopic (exact) mass is 635 g/mol. The number of hydrogen-bond donors (Lipinski definition) is 2. The van der Waals surface area contributed by atoms with Gasteiger partial charge >= 0.3 is 5.97 Å². The first-order chi connectivity index (χ1) is 21.0. The van der Waals surface area contributed by atoms with Crippen LogP contribution in [-0.4, -0.2) is 89.0 Å². The zero-order chi connectivity index (χ0) is 31.9. The van der Waals surface area contributed by atoms with Crippen LogP contribution in [0.4, 0.5) is 0 Å². The summed E-state index contributed by atoms with van der Waals surface area (Å²) in [5.41, 5.74) is 1.46. The summed E-state index contributed by atoms with van der Waals surface area (Å²) in [5.74, 6) is 0.158. The standard InChI is InChI=1S/C27H37N7O9S/c1-4-8-21-24-25(32(3)31-21)27(36)30-26(29-24)20-15-19(10-11-22(20)41-5-2)44(39,40)33-16-18(17-33)28-12-14-42-23(35)9-6-7-13-43-34(37)38/h10-11,15,18,28H,4-9,12-14,16-17H2,1-3H3,(H,29,30,36). The number of sulfonamides is 1. The summed E-state index contributed by atoms with van der Waals surface area (Å²) in [6.07, 6.45) is 2.35. The van der Waals surface area contributed by atoms with E-state index in [4.69, 9.17) is 9.47 Å². The van der Waals surface area contributed by atoms with Crippen LogP contribution in [0.15, 0.2) is 27.9 Å². The van der Waals surface area contributed by atoms with Crippen LogP contribution < -0.4 is 15.6 Å². The number of aromatic amines is 1. The molecule has 1 saturated heterocycles. The van der Waals surface area contributed by atoms with Gasteiger partial charge in [-0.3, -0.25) is 14.3 Å². The largest absolute Gasteiger partial charge is 0.493 e. The summed E-state index contributed by atoms with van der Waals surface area (Å²) in [7, 11) is -2.18. The van der Waals surface area contributed by atoms with Gasteiger partial charge in [0.25, 0.3) is 10.6 Å². The van der Waals surface area contributed by atoms with Crippen molar-refractivity contribution in [2.75, 3.05) is 39.5 Å². The van der Waals surface area contributed by atoms with E-state index in [0.717, 1.165) is 6.42 Å². The summed E-state index contributed by atoms with van der Waals surface area (Å²) in [5, 5.41) is 16.8. The lowest BCUT2D eigenvalue weighted by Gasteiger charge is -2.38. The van der Waals surface area contributed by atoms with Gasteiger partial charge in [-0.1, -0.05) is 13.3 Å². The molecular formula is C27H37N7O9S. The van der Waals surface area contributed by atoms with Gasteiger partial charge in [0.05, 0.1) is 29.4 Å². The summed E-state index contributed by atoms with van der Waals surface area (Å²) >= 11 is 0. The van der Waals surface area contributed by atoms with Gasteiger partial charge in [-0.15, -0.1) is 10.1 Å². The second-order valence-electron chi connectivity index (χ2n) is 10.2. The molecule has 0 spiro atoms. The molecule has 0 aliphatic carbocycles. The van der Waals surface area contributed by atoms with E-state index < -0.39 is 21.1 Å². The van der Waals surface area contributed by atoms with Gasteiger partial charge in [0, 0.05) is 39.1 Å². The third-order valence-corrected chi connectivity index (χ3v) is 8.84. The predicted molar refractivity (Wildman–Crippen MR) is 158 cm³/mol. The lowest BCUT2D eigenvalue weighted by Crippen LogP contribution is -2.60. The Morgan fingerprint density at radius 1 is 1.23 bits per heavy atom. The van der Waals surface area contributed by atoms with Crippen LogP contribution in [0, 0.1) is 10.1 Å². The van der Waals surface area contributed by atoms with Gasteiger partial charge in [0.1, 0.15) is 23.7 Å². The van der Waals surface area contributed by atoms with Crippen LogP contribution in [0.1, 0.15) is 45.2 Å². The van der Waals surface area contributed by atoms with Crippen molar-refractivity contribution < 1.29 is 32.6 Å². The molecule has 16 nitrogen and oxygen atoms in total. The van der Waals surface area contributed by atoms with Crippen molar-refractivity contribution in [3.8, 4) is 17.1 Å². The number of nitrogens with zero attached hydrogens (tertiary/aromatic N) is 5. The third kappa shape index (κ3) is 7.70. The molecule has 44 heavy (non-hydrogen) atoms. The van der Waals surface area contributed by atoms with Gasteiger partial charge < -0.3 is 24.6 Å². The number of aromatic nitrogens is 4. The Labute approximate surface area is 253 Å². The van der Waals surface area contributed by atoms with Crippen LogP contribution in [-0.2, 0) is 37.9 Å². The van der Waals surface area contributed by atoms with Crippen molar-refractivity contribution >= 4 is 27.0 Å². The molecule has 0 amide bonds. The van der Waals surface area contributed by atoms with E-state index in [-0.39, 0.29) is 55.0 Å². The molecule has 3 heterocycles. The summed E-state index contributed by atoms with van der Waals surface area (Å²) < 4.78 is 40.7. The second-order valence-corrected chi connectivity index (χ2v) is 12.2. The number of rotatable bonds is 17. The quantitative estimate of drug-likeness (QED) is 0.0940. The van der Waals surface area contributed by atoms with Crippen molar-refractivity contribution in [3.05, 3.63) is 44.4 Å². The first-order valence-electron chi connectivity index (χ1n) is 14.4. The molecular weight excluding hydrogens is 598 g/mol. The number of fused-ring (bicyclic) bond motifs is 1. The Balaban J connectivity index is 1.38. The number of benzene rings is 1. The third-order valence-electron chi connectivity index (χ3n) is 7.01. The van der Waals surface area contributed by atoms with Gasteiger partial charge in [0.2, 0.25) is 10.0 Å². The van der Waals surface area contributed by atoms with Crippen LogP contribution >= 0.6 is 0 Å². The number of unbranched alkanes of at least 4 members (excludes halogenated alkanes) is 1. The fraction of sp³-hybridized carbons (Fsp3) is 0.556. The van der Waals surface area contributed by atoms with Crippen molar-refractivity contribution in [1.29, 1.82) is 0 Å². The maximum absolute atomic E-state index is 13.5. The van der Waals surface area contributed by atoms with E-state index in [1.807, 2.05) is 6.92 Å². The molecule has 0 saturated carbocycles. The Morgan fingerprint density at radius 2 is 2.00 bits per heavy atom. The Kier molecular flexibility index (Phi) is 10.9. The van der Waals surface area contributed by atoms with E-state index in [1.54, 1.807) is 20.0 Å². The lowest BCUT2D eigenvalue weighted by atomic mass is 10.1. The smallest absolute Gasteiger partial charge is 0.305 e. The van der Waals surface area contributed by atoms with E-state index in [9.17, 15) is 28.1 Å². The van der Waals surface area contributed by atoms with Crippen LogP contribution in [0.25, 0.3) is 22.4 Å². The average Bonchev–Trinajstić information content (AvgIpc) is 3.27. The van der Waals surface area contributed by atoms with Crippen molar-refractivity contribution in [1.82, 2.24) is 29.4 Å². The van der Waals surface area contributed by atoms with E-state index in [0.29, 0.717) is 60.5 Å². The average molecular weight is 636 g/mol. The van der Waals surface area contributed by atoms with Crippen LogP contribution in [0.3, 0.4) is 0 Å². The maximum atomic E-state index is 13.5. The van der Waals surface area contributed by atoms with Crippen molar-refractivity contribution in [2.24, 2.45) is 7.05 Å². The lowest BCUT2D eigenvalue weighted by molar-refractivity contribution is -0.757. The van der Waals surface area contributed by atoms with Gasteiger partial charge in [-0.05, 0) is 44.4 Å². The molecule has 1 aliphatic rings. The van der Waals surface area contributed by atoms with Gasteiger partial charge in [-0.2, -0.15) is 9.40 Å². The van der Waals surface area contributed by atoms with Crippen LogP contribution in [0.2, 0.25) is 0 Å². The van der Waals surface area contributed by atoms with Gasteiger partial charge in [-0.25, -0.2) is 13.4 Å². The number of esters is 1.